The molecule has 1 heterocycles. The molecule has 0 bridgehead atoms. The highest BCUT2D eigenvalue weighted by molar-refractivity contribution is 6.10. The van der Waals surface area contributed by atoms with E-state index >= 15 is 0 Å². The highest BCUT2D eigenvalue weighted by Gasteiger charge is 2.51. The smallest absolute Gasteiger partial charge is 0.407 e. The van der Waals surface area contributed by atoms with Crippen molar-refractivity contribution >= 4 is 23.9 Å². The van der Waals surface area contributed by atoms with Crippen LogP contribution in [0.5, 0.6) is 0 Å². The fourth-order valence-electron chi connectivity index (χ4n) is 4.98. The number of benzene rings is 3. The van der Waals surface area contributed by atoms with Crippen molar-refractivity contribution in [1.82, 2.24) is 20.9 Å². The van der Waals surface area contributed by atoms with Crippen molar-refractivity contribution in [3.63, 3.8) is 0 Å². The lowest BCUT2D eigenvalue weighted by atomic mass is 9.82. The average Bonchev–Trinajstić information content (AvgIpc) is 3.24. The summed E-state index contributed by atoms with van der Waals surface area (Å²) in [6.07, 6.45) is 0.774. The van der Waals surface area contributed by atoms with Crippen molar-refractivity contribution in [2.75, 3.05) is 13.7 Å². The van der Waals surface area contributed by atoms with Gasteiger partial charge in [0.1, 0.15) is 6.04 Å². The molecular formula is C31H35N5O4. The summed E-state index contributed by atoms with van der Waals surface area (Å²) >= 11 is 0. The molecule has 0 spiro atoms. The van der Waals surface area contributed by atoms with Crippen molar-refractivity contribution in [3.05, 3.63) is 108 Å². The number of guanidine groups is 1. The van der Waals surface area contributed by atoms with Gasteiger partial charge in [-0.1, -0.05) is 91.0 Å². The molecule has 0 radical (unpaired) electrons. The highest BCUT2D eigenvalue weighted by Crippen LogP contribution is 2.35. The summed E-state index contributed by atoms with van der Waals surface area (Å²) in [6.45, 7) is 2.20. The van der Waals surface area contributed by atoms with Crippen LogP contribution in [-0.4, -0.2) is 54.5 Å². The van der Waals surface area contributed by atoms with E-state index in [4.69, 9.17) is 10.1 Å². The maximum atomic E-state index is 13.9. The Morgan fingerprint density at radius 2 is 1.48 bits per heavy atom. The Morgan fingerprint density at radius 3 is 2.02 bits per heavy atom. The lowest BCUT2D eigenvalue weighted by molar-refractivity contribution is -0.130. The van der Waals surface area contributed by atoms with E-state index in [1.165, 1.54) is 12.0 Å². The molecule has 9 heteroatoms. The first-order valence-corrected chi connectivity index (χ1v) is 13.3. The van der Waals surface area contributed by atoms with E-state index in [2.05, 4.69) is 16.0 Å². The summed E-state index contributed by atoms with van der Waals surface area (Å²) in [5.74, 6) is -0.489. The second kappa shape index (κ2) is 12.9. The molecule has 3 amide bonds. The highest BCUT2D eigenvalue weighted by atomic mass is 16.5. The van der Waals surface area contributed by atoms with Crippen LogP contribution in [0.15, 0.2) is 91.0 Å². The molecule has 40 heavy (non-hydrogen) atoms. The maximum Gasteiger partial charge on any atom is 0.407 e. The van der Waals surface area contributed by atoms with E-state index in [-0.39, 0.29) is 23.8 Å². The molecule has 2 atom stereocenters. The number of methoxy groups -OCH3 is 1. The minimum absolute atomic E-state index is 0.0413. The summed E-state index contributed by atoms with van der Waals surface area (Å²) in [7, 11) is 1.26. The summed E-state index contributed by atoms with van der Waals surface area (Å²) < 4.78 is 4.70. The van der Waals surface area contributed by atoms with Crippen LogP contribution in [0.2, 0.25) is 0 Å². The Balaban J connectivity index is 1.39. The Bertz CT molecular complexity index is 1280. The molecule has 3 aromatic rings. The topological polar surface area (TPSA) is 124 Å². The summed E-state index contributed by atoms with van der Waals surface area (Å²) in [6, 6.07) is 27.3. The second-order valence-electron chi connectivity index (χ2n) is 9.84. The molecule has 1 unspecified atom stereocenters. The maximum absolute atomic E-state index is 13.9. The SMILES string of the molecule is COC(=O)N[C@@H](Cc1ccccc1)C(=O)NC(C)CCCN1C(=N)NC(c2ccccc2)(c2ccccc2)C1=O. The average molecular weight is 542 g/mol. The number of nitrogens with zero attached hydrogens (tertiary/aromatic N) is 1. The Morgan fingerprint density at radius 1 is 0.925 bits per heavy atom. The monoisotopic (exact) mass is 541 g/mol. The van der Waals surface area contributed by atoms with Gasteiger partial charge in [0.2, 0.25) is 5.91 Å². The third-order valence-electron chi connectivity index (χ3n) is 7.04. The van der Waals surface area contributed by atoms with E-state index in [9.17, 15) is 14.4 Å². The zero-order valence-corrected chi connectivity index (χ0v) is 22.7. The number of hydrogen-bond acceptors (Lipinski definition) is 5. The Hall–Kier alpha value is -4.66. The van der Waals surface area contributed by atoms with E-state index in [0.717, 1.165) is 16.7 Å². The fraction of sp³-hybridized carbons (Fsp3) is 0.290. The molecule has 1 aliphatic rings. The van der Waals surface area contributed by atoms with Crippen molar-refractivity contribution in [2.24, 2.45) is 0 Å². The van der Waals surface area contributed by atoms with Crippen LogP contribution in [0.4, 0.5) is 4.79 Å². The molecule has 208 valence electrons. The molecular weight excluding hydrogens is 506 g/mol. The van der Waals surface area contributed by atoms with Gasteiger partial charge in [-0.05, 0) is 36.5 Å². The third-order valence-corrected chi connectivity index (χ3v) is 7.04. The zero-order chi connectivity index (χ0) is 28.5. The fourth-order valence-corrected chi connectivity index (χ4v) is 4.98. The van der Waals surface area contributed by atoms with Gasteiger partial charge in [0.05, 0.1) is 7.11 Å². The van der Waals surface area contributed by atoms with E-state index in [0.29, 0.717) is 25.8 Å². The quantitative estimate of drug-likeness (QED) is 0.296. The number of hydrogen-bond donors (Lipinski definition) is 4. The van der Waals surface area contributed by atoms with Crippen LogP contribution in [0.1, 0.15) is 36.5 Å². The predicted molar refractivity (Wildman–Crippen MR) is 153 cm³/mol. The second-order valence-corrected chi connectivity index (χ2v) is 9.84. The van der Waals surface area contributed by atoms with E-state index < -0.39 is 17.7 Å². The molecule has 1 aliphatic heterocycles. The third kappa shape index (κ3) is 6.31. The molecule has 0 saturated carbocycles. The van der Waals surface area contributed by atoms with Gasteiger partial charge in [-0.2, -0.15) is 0 Å². The van der Waals surface area contributed by atoms with E-state index in [1.54, 1.807) is 0 Å². The van der Waals surface area contributed by atoms with Gasteiger partial charge in [-0.25, -0.2) is 4.79 Å². The van der Waals surface area contributed by atoms with Gasteiger partial charge in [0, 0.05) is 19.0 Å². The predicted octanol–water partition coefficient (Wildman–Crippen LogP) is 3.55. The molecule has 1 saturated heterocycles. The molecule has 3 aromatic carbocycles. The standard InChI is InChI=1S/C31H35N5O4/c1-22(33-27(37)26(34-30(39)40-2)21-23-14-6-3-7-15-23)13-12-20-36-28(38)31(35-29(36)32,24-16-8-4-9-17-24)25-18-10-5-11-19-25/h3-11,14-19,22,26H,12-13,20-21H2,1-2H3,(H2,32,35)(H,33,37)(H,34,39)/t22?,26-/m0/s1. The van der Waals surface area contributed by atoms with Gasteiger partial charge in [-0.3, -0.25) is 19.9 Å². The number of nitrogens with one attached hydrogen (secondary N) is 4. The normalized spacial score (nSPS) is 15.6. The summed E-state index contributed by atoms with van der Waals surface area (Å²) in [5, 5.41) is 17.4. The van der Waals surface area contributed by atoms with Crippen molar-refractivity contribution < 1.29 is 19.1 Å². The van der Waals surface area contributed by atoms with Gasteiger partial charge in [0.15, 0.2) is 11.5 Å². The van der Waals surface area contributed by atoms with Gasteiger partial charge < -0.3 is 20.7 Å². The Labute approximate surface area is 234 Å². The van der Waals surface area contributed by atoms with Crippen molar-refractivity contribution in [3.8, 4) is 0 Å². The van der Waals surface area contributed by atoms with Crippen LogP contribution in [0.25, 0.3) is 0 Å². The van der Waals surface area contributed by atoms with E-state index in [1.807, 2.05) is 97.9 Å². The Kier molecular flexibility index (Phi) is 9.16. The first kappa shape index (κ1) is 28.4. The molecule has 9 nitrogen and oxygen atoms in total. The molecule has 0 aliphatic carbocycles. The molecule has 0 aromatic heterocycles. The minimum Gasteiger partial charge on any atom is -0.453 e. The first-order valence-electron chi connectivity index (χ1n) is 13.3. The minimum atomic E-state index is -1.18. The summed E-state index contributed by atoms with van der Waals surface area (Å²) in [5.41, 5.74) is 1.26. The zero-order valence-electron chi connectivity index (χ0n) is 22.7. The summed E-state index contributed by atoms with van der Waals surface area (Å²) in [4.78, 5) is 40.3. The van der Waals surface area contributed by atoms with Gasteiger partial charge in [-0.15, -0.1) is 0 Å². The van der Waals surface area contributed by atoms with Crippen LogP contribution < -0.4 is 16.0 Å². The number of amides is 3. The van der Waals surface area contributed by atoms with Crippen LogP contribution in [-0.2, 0) is 26.3 Å². The van der Waals surface area contributed by atoms with Crippen LogP contribution >= 0.6 is 0 Å². The van der Waals surface area contributed by atoms with Gasteiger partial charge in [0.25, 0.3) is 5.91 Å². The number of carbonyl (C=O) groups is 3. The number of alkyl carbamates (subject to hydrolysis) is 1. The van der Waals surface area contributed by atoms with Crippen molar-refractivity contribution in [2.45, 2.75) is 43.8 Å². The number of rotatable bonds is 11. The molecule has 1 fully saturated rings. The lowest BCUT2D eigenvalue weighted by Crippen LogP contribution is -2.50. The lowest BCUT2D eigenvalue weighted by Gasteiger charge is -2.28. The van der Waals surface area contributed by atoms with Gasteiger partial charge >= 0.3 is 6.09 Å². The number of ether oxygens (including phenoxy) is 1. The van der Waals surface area contributed by atoms with Crippen molar-refractivity contribution in [1.29, 1.82) is 5.41 Å². The molecule has 4 rings (SSSR count). The van der Waals surface area contributed by atoms with Crippen LogP contribution in [0, 0.1) is 5.41 Å². The molecule has 4 N–H and O–H groups in total. The van der Waals surface area contributed by atoms with Crippen LogP contribution in [0.3, 0.4) is 0 Å². The largest absolute Gasteiger partial charge is 0.453 e. The number of carbonyl (C=O) groups excluding carboxylic acids is 3. The first-order chi connectivity index (χ1) is 19.3.